The number of amides is 4. The summed E-state index contributed by atoms with van der Waals surface area (Å²) in [7, 11) is 1.17. The number of halogens is 6. The molecule has 0 aromatic heterocycles. The lowest BCUT2D eigenvalue weighted by Gasteiger charge is -2.50. The van der Waals surface area contributed by atoms with Crippen molar-refractivity contribution in [2.24, 2.45) is 17.8 Å². The van der Waals surface area contributed by atoms with Gasteiger partial charge in [-0.2, -0.15) is 0 Å². The third kappa shape index (κ3) is 3.89. The molecule has 14 heteroatoms. The molecule has 1 N–H and O–H groups in total. The predicted molar refractivity (Wildman–Crippen MR) is 144 cm³/mol. The lowest BCUT2D eigenvalue weighted by Crippen LogP contribution is -2.60. The number of carbonyl (C=O) groups is 4. The van der Waals surface area contributed by atoms with Crippen molar-refractivity contribution < 1.29 is 42.2 Å². The SMILES string of the molecule is CN1C(=O)[C@]2(Cl)C[C@@H]3C(=CC[C@@H]4C(=O)N(c5ccc(Cl)cc5)C(=O)[C@@H]43)[C@H](c3cc(OC(F)(F)F)ccc3O)[C@]2(Cl)C1=O. The van der Waals surface area contributed by atoms with Crippen molar-refractivity contribution in [1.29, 1.82) is 0 Å². The van der Waals surface area contributed by atoms with Crippen molar-refractivity contribution >= 4 is 64.1 Å². The second-order valence-corrected chi connectivity index (χ2v) is 12.4. The lowest BCUT2D eigenvalue weighted by molar-refractivity contribution is -0.274. The second kappa shape index (κ2) is 9.36. The highest BCUT2D eigenvalue weighted by Gasteiger charge is 2.76. The molecule has 4 amide bonds. The Morgan fingerprint density at radius 2 is 1.64 bits per heavy atom. The molecule has 0 spiro atoms. The third-order valence-corrected chi connectivity index (χ3v) is 10.3. The number of hydrogen-bond donors (Lipinski definition) is 1. The monoisotopic (exact) mass is 642 g/mol. The molecule has 0 radical (unpaired) electrons. The number of benzene rings is 2. The van der Waals surface area contributed by atoms with E-state index < -0.39 is 74.9 Å². The number of anilines is 1. The largest absolute Gasteiger partial charge is 0.573 e. The van der Waals surface area contributed by atoms with E-state index in [9.17, 15) is 37.5 Å². The molecule has 2 aliphatic carbocycles. The molecule has 6 rings (SSSR count). The molecule has 2 saturated heterocycles. The molecule has 4 aliphatic rings. The van der Waals surface area contributed by atoms with Crippen LogP contribution in [0, 0.1) is 17.8 Å². The molecule has 2 heterocycles. The number of carbonyl (C=O) groups excluding carboxylic acids is 4. The first-order valence-electron chi connectivity index (χ1n) is 12.7. The lowest BCUT2D eigenvalue weighted by atomic mass is 9.56. The van der Waals surface area contributed by atoms with Gasteiger partial charge in [0, 0.05) is 23.6 Å². The van der Waals surface area contributed by atoms with Gasteiger partial charge in [-0.3, -0.25) is 29.0 Å². The van der Waals surface area contributed by atoms with Gasteiger partial charge < -0.3 is 9.84 Å². The average molecular weight is 644 g/mol. The number of alkyl halides is 5. The Labute approximate surface area is 251 Å². The summed E-state index contributed by atoms with van der Waals surface area (Å²) in [4.78, 5) is 51.8. The summed E-state index contributed by atoms with van der Waals surface area (Å²) in [5, 5.41) is 11.3. The summed E-state index contributed by atoms with van der Waals surface area (Å²) in [5.74, 6) is -8.36. The van der Waals surface area contributed by atoms with Gasteiger partial charge in [-0.05, 0) is 61.2 Å². The Morgan fingerprint density at radius 1 is 0.976 bits per heavy atom. The van der Waals surface area contributed by atoms with E-state index >= 15 is 0 Å². The summed E-state index contributed by atoms with van der Waals surface area (Å²) in [6.45, 7) is 0. The van der Waals surface area contributed by atoms with Crippen molar-refractivity contribution in [2.75, 3.05) is 11.9 Å². The van der Waals surface area contributed by atoms with Crippen LogP contribution >= 0.6 is 34.8 Å². The number of phenols is 1. The number of aromatic hydroxyl groups is 1. The molecule has 2 aromatic carbocycles. The molecular weight excluding hydrogens is 624 g/mol. The number of likely N-dealkylation sites (tertiary alicyclic amines) is 1. The van der Waals surface area contributed by atoms with Gasteiger partial charge in [0.05, 0.1) is 17.5 Å². The summed E-state index contributed by atoms with van der Waals surface area (Å²) >= 11 is 20.0. The maximum Gasteiger partial charge on any atom is 0.573 e. The molecule has 220 valence electrons. The van der Waals surface area contributed by atoms with Crippen LogP contribution in [0.1, 0.15) is 24.3 Å². The van der Waals surface area contributed by atoms with Crippen LogP contribution in [0.25, 0.3) is 0 Å². The van der Waals surface area contributed by atoms with Crippen molar-refractivity contribution in [1.82, 2.24) is 4.90 Å². The van der Waals surface area contributed by atoms with Gasteiger partial charge in [0.1, 0.15) is 11.5 Å². The van der Waals surface area contributed by atoms with E-state index in [0.29, 0.717) is 10.6 Å². The number of imide groups is 2. The predicted octanol–water partition coefficient (Wildman–Crippen LogP) is 5.14. The maximum absolute atomic E-state index is 13.9. The standard InChI is InChI=1S/C28H20Cl3F3N2O6/c1-35-24(40)26(30)11-18-15(7-8-16-20(18)23(39)36(22(16)38)13-4-2-12(29)3-5-13)21(27(26,31)25(35)41)17-10-14(6-9-19(17)37)42-28(32,33)34/h2-7,9-10,16,18,20-21,37H,8,11H2,1H3/t16-,18+,20-,21+,26+,27-/m0/s1. The minimum atomic E-state index is -5.07. The smallest absolute Gasteiger partial charge is 0.508 e. The van der Waals surface area contributed by atoms with Crippen LogP contribution in [0.3, 0.4) is 0 Å². The Balaban J connectivity index is 1.52. The van der Waals surface area contributed by atoms with E-state index in [1.165, 1.54) is 31.3 Å². The Bertz CT molecular complexity index is 1600. The summed E-state index contributed by atoms with van der Waals surface area (Å²) < 4.78 is 43.3. The van der Waals surface area contributed by atoms with Gasteiger partial charge in [-0.25, -0.2) is 0 Å². The van der Waals surface area contributed by atoms with E-state index in [0.717, 1.165) is 28.0 Å². The van der Waals surface area contributed by atoms with Crippen LogP contribution in [0.5, 0.6) is 11.5 Å². The highest BCUT2D eigenvalue weighted by atomic mass is 35.5. The molecule has 2 aliphatic heterocycles. The Hall–Kier alpha value is -3.28. The first kappa shape index (κ1) is 28.8. The fourth-order valence-electron chi connectivity index (χ4n) is 6.90. The molecule has 3 fully saturated rings. The van der Waals surface area contributed by atoms with Crippen molar-refractivity contribution in [3.05, 3.63) is 64.7 Å². The molecule has 8 nitrogen and oxygen atoms in total. The average Bonchev–Trinajstić information content (AvgIpc) is 3.25. The van der Waals surface area contributed by atoms with Crippen LogP contribution < -0.4 is 9.64 Å². The van der Waals surface area contributed by atoms with Crippen molar-refractivity contribution in [3.63, 3.8) is 0 Å². The zero-order valence-electron chi connectivity index (χ0n) is 21.5. The molecule has 2 aromatic rings. The van der Waals surface area contributed by atoms with E-state index in [1.807, 2.05) is 0 Å². The molecular formula is C28H20Cl3F3N2O6. The minimum Gasteiger partial charge on any atom is -0.508 e. The van der Waals surface area contributed by atoms with Gasteiger partial charge in [0.25, 0.3) is 11.8 Å². The number of ether oxygens (including phenoxy) is 1. The van der Waals surface area contributed by atoms with Crippen LogP contribution in [-0.2, 0) is 19.2 Å². The fraction of sp³-hybridized carbons (Fsp3) is 0.357. The van der Waals surface area contributed by atoms with Gasteiger partial charge in [-0.15, -0.1) is 36.4 Å². The maximum atomic E-state index is 13.9. The molecule has 1 saturated carbocycles. The van der Waals surface area contributed by atoms with Crippen molar-refractivity contribution in [2.45, 2.75) is 34.9 Å². The summed E-state index contributed by atoms with van der Waals surface area (Å²) in [6, 6.07) is 8.77. The van der Waals surface area contributed by atoms with Gasteiger partial charge in [-0.1, -0.05) is 23.3 Å². The number of phenolic OH excluding ortho intramolecular Hbond substituents is 1. The highest BCUT2D eigenvalue weighted by Crippen LogP contribution is 2.66. The number of rotatable bonds is 3. The summed E-state index contributed by atoms with van der Waals surface area (Å²) in [5.41, 5.74) is 0.331. The van der Waals surface area contributed by atoms with Crippen LogP contribution in [0.15, 0.2) is 54.1 Å². The molecule has 6 atom stereocenters. The normalized spacial score (nSPS) is 32.5. The van der Waals surface area contributed by atoms with Crippen LogP contribution in [-0.4, -0.2) is 56.8 Å². The number of hydrogen-bond acceptors (Lipinski definition) is 6. The Morgan fingerprint density at radius 3 is 2.29 bits per heavy atom. The number of nitrogens with zero attached hydrogens (tertiary/aromatic N) is 2. The minimum absolute atomic E-state index is 0.0292. The van der Waals surface area contributed by atoms with Crippen LogP contribution in [0.4, 0.5) is 18.9 Å². The molecule has 0 unspecified atom stereocenters. The van der Waals surface area contributed by atoms with Crippen molar-refractivity contribution in [3.8, 4) is 11.5 Å². The first-order valence-corrected chi connectivity index (χ1v) is 13.9. The Kier molecular flexibility index (Phi) is 6.42. The van der Waals surface area contributed by atoms with E-state index in [-0.39, 0.29) is 24.1 Å². The topological polar surface area (TPSA) is 104 Å². The number of fused-ring (bicyclic) bond motifs is 4. The van der Waals surface area contributed by atoms with Gasteiger partial charge in [0.2, 0.25) is 11.8 Å². The zero-order chi connectivity index (χ0) is 30.5. The van der Waals surface area contributed by atoms with Gasteiger partial charge in [0.15, 0.2) is 9.75 Å². The van der Waals surface area contributed by atoms with Crippen LogP contribution in [0.2, 0.25) is 5.02 Å². The molecule has 0 bridgehead atoms. The summed E-state index contributed by atoms with van der Waals surface area (Å²) in [6.07, 6.45) is -3.76. The van der Waals surface area contributed by atoms with E-state index in [2.05, 4.69) is 4.74 Å². The molecule has 42 heavy (non-hydrogen) atoms. The first-order chi connectivity index (χ1) is 19.6. The van der Waals surface area contributed by atoms with Gasteiger partial charge >= 0.3 is 6.36 Å². The quantitative estimate of drug-likeness (QED) is 0.282. The van der Waals surface area contributed by atoms with E-state index in [1.54, 1.807) is 6.08 Å². The fourth-order valence-corrected chi connectivity index (χ4v) is 8.03. The third-order valence-electron chi connectivity index (χ3n) is 8.64. The highest BCUT2D eigenvalue weighted by molar-refractivity contribution is 6.53. The zero-order valence-corrected chi connectivity index (χ0v) is 23.8. The number of allylic oxidation sites excluding steroid dienone is 2. The second-order valence-electron chi connectivity index (χ2n) is 10.8. The van der Waals surface area contributed by atoms with E-state index in [4.69, 9.17) is 34.8 Å².